The maximum Gasteiger partial charge on any atom is 0.202 e. The van der Waals surface area contributed by atoms with Gasteiger partial charge in [-0.1, -0.05) is 38.1 Å². The van der Waals surface area contributed by atoms with E-state index in [1.54, 1.807) is 0 Å². The van der Waals surface area contributed by atoms with Gasteiger partial charge in [0.15, 0.2) is 0 Å². The van der Waals surface area contributed by atoms with Gasteiger partial charge in [-0.05, 0) is 31.5 Å². The second-order valence-electron chi connectivity index (χ2n) is 4.49. The van der Waals surface area contributed by atoms with E-state index in [-0.39, 0.29) is 6.29 Å². The van der Waals surface area contributed by atoms with Crippen molar-refractivity contribution >= 4 is 5.57 Å². The Balaban J connectivity index is 2.69. The molecular formula is C15H22O2. The summed E-state index contributed by atoms with van der Waals surface area (Å²) in [4.78, 5) is 0. The summed E-state index contributed by atoms with van der Waals surface area (Å²) in [5.74, 6) is 1.16. The van der Waals surface area contributed by atoms with Crippen LogP contribution in [-0.2, 0) is 4.74 Å². The summed E-state index contributed by atoms with van der Waals surface area (Å²) in [7, 11) is 0. The first-order chi connectivity index (χ1) is 8.04. The molecule has 2 heteroatoms. The number of ether oxygens (including phenoxy) is 2. The zero-order valence-corrected chi connectivity index (χ0v) is 11.2. The van der Waals surface area contributed by atoms with E-state index in [4.69, 9.17) is 9.47 Å². The van der Waals surface area contributed by atoms with Crippen LogP contribution in [0, 0.1) is 5.92 Å². The van der Waals surface area contributed by atoms with E-state index in [0.717, 1.165) is 16.9 Å². The van der Waals surface area contributed by atoms with Crippen molar-refractivity contribution in [1.29, 1.82) is 0 Å². The van der Waals surface area contributed by atoms with Crippen LogP contribution in [0.4, 0.5) is 0 Å². The van der Waals surface area contributed by atoms with Crippen LogP contribution in [0.1, 0.15) is 33.3 Å². The van der Waals surface area contributed by atoms with Crippen molar-refractivity contribution in [2.45, 2.75) is 34.0 Å². The van der Waals surface area contributed by atoms with Gasteiger partial charge in [0, 0.05) is 12.5 Å². The topological polar surface area (TPSA) is 18.5 Å². The van der Waals surface area contributed by atoms with Crippen LogP contribution in [0.25, 0.3) is 5.57 Å². The van der Waals surface area contributed by atoms with Crippen molar-refractivity contribution < 1.29 is 9.47 Å². The fraction of sp³-hybridized carbons (Fsp3) is 0.467. The van der Waals surface area contributed by atoms with E-state index in [0.29, 0.717) is 12.5 Å². The number of allylic oxidation sites excluding steroid dienone is 1. The summed E-state index contributed by atoms with van der Waals surface area (Å²) in [5.41, 5.74) is 2.19. The van der Waals surface area contributed by atoms with E-state index in [9.17, 15) is 0 Å². The smallest absolute Gasteiger partial charge is 0.202 e. The average Bonchev–Trinajstić information content (AvgIpc) is 2.29. The number of hydrogen-bond donors (Lipinski definition) is 0. The fourth-order valence-electron chi connectivity index (χ4n) is 1.48. The Morgan fingerprint density at radius 1 is 1.24 bits per heavy atom. The van der Waals surface area contributed by atoms with Gasteiger partial charge in [0.25, 0.3) is 0 Å². The molecule has 17 heavy (non-hydrogen) atoms. The maximum absolute atomic E-state index is 5.80. The molecule has 1 aromatic rings. The summed E-state index contributed by atoms with van der Waals surface area (Å²) < 4.78 is 11.3. The molecule has 0 N–H and O–H groups in total. The highest BCUT2D eigenvalue weighted by Gasteiger charge is 2.14. The summed E-state index contributed by atoms with van der Waals surface area (Å²) in [6, 6.07) is 7.94. The third kappa shape index (κ3) is 4.23. The molecule has 1 unspecified atom stereocenters. The summed E-state index contributed by atoms with van der Waals surface area (Å²) >= 11 is 0. The Morgan fingerprint density at radius 3 is 2.24 bits per heavy atom. The molecule has 1 rings (SSSR count). The Hall–Kier alpha value is -1.28. The molecule has 0 heterocycles. The fourth-order valence-corrected chi connectivity index (χ4v) is 1.48. The lowest BCUT2D eigenvalue weighted by atomic mass is 10.1. The van der Waals surface area contributed by atoms with Gasteiger partial charge in [-0.2, -0.15) is 0 Å². The van der Waals surface area contributed by atoms with Crippen LogP contribution in [0.5, 0.6) is 5.75 Å². The van der Waals surface area contributed by atoms with Crippen LogP contribution in [0.2, 0.25) is 0 Å². The molecule has 0 aliphatic rings. The van der Waals surface area contributed by atoms with Crippen molar-refractivity contribution in [1.82, 2.24) is 0 Å². The van der Waals surface area contributed by atoms with Crippen LogP contribution in [-0.4, -0.2) is 12.9 Å². The first kappa shape index (κ1) is 13.8. The highest BCUT2D eigenvalue weighted by molar-refractivity contribution is 5.61. The molecule has 94 valence electrons. The molecule has 0 aromatic heterocycles. The van der Waals surface area contributed by atoms with Gasteiger partial charge in [-0.15, -0.1) is 0 Å². The molecule has 0 saturated heterocycles. The van der Waals surface area contributed by atoms with Crippen molar-refractivity contribution in [2.24, 2.45) is 5.92 Å². The minimum Gasteiger partial charge on any atom is -0.465 e. The molecule has 2 nitrogen and oxygen atoms in total. The van der Waals surface area contributed by atoms with Crippen molar-refractivity contribution in [3.05, 3.63) is 36.4 Å². The second-order valence-corrected chi connectivity index (χ2v) is 4.49. The monoisotopic (exact) mass is 234 g/mol. The van der Waals surface area contributed by atoms with E-state index in [2.05, 4.69) is 20.4 Å². The number of benzene rings is 1. The Bertz CT molecular complexity index is 352. The molecule has 0 aliphatic heterocycles. The predicted molar refractivity (Wildman–Crippen MR) is 72.0 cm³/mol. The molecular weight excluding hydrogens is 212 g/mol. The van der Waals surface area contributed by atoms with E-state index in [1.165, 1.54) is 0 Å². The van der Waals surface area contributed by atoms with Gasteiger partial charge in [-0.25, -0.2) is 0 Å². The molecule has 1 aromatic carbocycles. The van der Waals surface area contributed by atoms with E-state index >= 15 is 0 Å². The van der Waals surface area contributed by atoms with Crippen LogP contribution < -0.4 is 4.74 Å². The standard InChI is InChI=1S/C15H22O2/c1-6-16-15(12(4)5)17-14-9-7-13(8-10-14)11(2)3/h7-10,12,15H,2,6H2,1,3-5H3. The molecule has 0 bridgehead atoms. The van der Waals surface area contributed by atoms with Crippen molar-refractivity contribution in [3.63, 3.8) is 0 Å². The lowest BCUT2D eigenvalue weighted by Gasteiger charge is -2.22. The first-order valence-corrected chi connectivity index (χ1v) is 6.08. The molecule has 0 spiro atoms. The predicted octanol–water partition coefficient (Wildman–Crippen LogP) is 4.12. The molecule has 0 saturated carbocycles. The molecule has 0 fully saturated rings. The van der Waals surface area contributed by atoms with Gasteiger partial charge in [0.2, 0.25) is 6.29 Å². The quantitative estimate of drug-likeness (QED) is 0.689. The summed E-state index contributed by atoms with van der Waals surface area (Å²) in [6.07, 6.45) is -0.185. The number of rotatable bonds is 6. The zero-order valence-electron chi connectivity index (χ0n) is 11.2. The Labute approximate surface area is 104 Å². The minimum atomic E-state index is -0.185. The molecule has 0 radical (unpaired) electrons. The largest absolute Gasteiger partial charge is 0.465 e. The van der Waals surface area contributed by atoms with Crippen LogP contribution >= 0.6 is 0 Å². The Kier molecular flexibility index (Phi) is 5.23. The highest BCUT2D eigenvalue weighted by Crippen LogP contribution is 2.20. The van der Waals surface area contributed by atoms with Gasteiger partial charge < -0.3 is 9.47 Å². The molecule has 1 atom stereocenters. The summed E-state index contributed by atoms with van der Waals surface area (Å²) in [5, 5.41) is 0. The normalized spacial score (nSPS) is 12.5. The van der Waals surface area contributed by atoms with Crippen LogP contribution in [0.3, 0.4) is 0 Å². The average molecular weight is 234 g/mol. The van der Waals surface area contributed by atoms with E-state index in [1.807, 2.05) is 38.1 Å². The molecule has 0 aliphatic carbocycles. The van der Waals surface area contributed by atoms with Gasteiger partial charge in [-0.3, -0.25) is 0 Å². The third-order valence-corrected chi connectivity index (χ3v) is 2.47. The SMILES string of the molecule is C=C(C)c1ccc(OC(OCC)C(C)C)cc1. The second kappa shape index (κ2) is 6.45. The van der Waals surface area contributed by atoms with Crippen LogP contribution in [0.15, 0.2) is 30.8 Å². The minimum absolute atomic E-state index is 0.185. The van der Waals surface area contributed by atoms with Gasteiger partial charge >= 0.3 is 0 Å². The lowest BCUT2D eigenvalue weighted by Crippen LogP contribution is -2.26. The van der Waals surface area contributed by atoms with Gasteiger partial charge in [0.05, 0.1) is 0 Å². The third-order valence-electron chi connectivity index (χ3n) is 2.47. The lowest BCUT2D eigenvalue weighted by molar-refractivity contribution is -0.103. The van der Waals surface area contributed by atoms with Gasteiger partial charge in [0.1, 0.15) is 5.75 Å². The first-order valence-electron chi connectivity index (χ1n) is 6.08. The zero-order chi connectivity index (χ0) is 12.8. The van der Waals surface area contributed by atoms with Crippen molar-refractivity contribution in [3.8, 4) is 5.75 Å². The maximum atomic E-state index is 5.80. The van der Waals surface area contributed by atoms with E-state index < -0.39 is 0 Å². The molecule has 0 amide bonds. The summed E-state index contributed by atoms with van der Waals surface area (Å²) in [6.45, 7) is 12.7. The Morgan fingerprint density at radius 2 is 1.82 bits per heavy atom. The number of hydrogen-bond acceptors (Lipinski definition) is 2. The highest BCUT2D eigenvalue weighted by atomic mass is 16.7. The van der Waals surface area contributed by atoms with Crippen molar-refractivity contribution in [2.75, 3.05) is 6.61 Å².